The summed E-state index contributed by atoms with van der Waals surface area (Å²) in [5.74, 6) is -0.985. The normalized spacial score (nSPS) is 13.9. The largest absolute Gasteiger partial charge is 1.00 e. The molecule has 0 aliphatic carbocycles. The van der Waals surface area contributed by atoms with E-state index in [-0.39, 0.29) is 31.0 Å². The molecule has 14 heavy (non-hydrogen) atoms. The molecule has 0 aromatic heterocycles. The molecule has 4 heteroatoms. The number of aliphatic carboxylic acids is 1. The van der Waals surface area contributed by atoms with Crippen LogP contribution in [0.5, 0.6) is 0 Å². The fraction of sp³-hybridized carbons (Fsp3) is 0.300. The molecule has 1 atom stereocenters. The summed E-state index contributed by atoms with van der Waals surface area (Å²) in [6, 6.07) is 8.88. The Morgan fingerprint density at radius 1 is 1.50 bits per heavy atom. The van der Waals surface area contributed by atoms with E-state index in [4.69, 9.17) is 10.8 Å². The minimum atomic E-state index is -1.25. The van der Waals surface area contributed by atoms with Gasteiger partial charge in [0.05, 0.1) is 0 Å². The van der Waals surface area contributed by atoms with E-state index in [2.05, 4.69) is 0 Å². The molecule has 72 valence electrons. The molecular formula is C10H14NNaO2. The molecule has 0 aliphatic rings. The summed E-state index contributed by atoms with van der Waals surface area (Å²) in [6.07, 6.45) is 0.381. The van der Waals surface area contributed by atoms with E-state index in [1.165, 1.54) is 0 Å². The van der Waals surface area contributed by atoms with Crippen LogP contribution in [0.1, 0.15) is 20.3 Å². The van der Waals surface area contributed by atoms with Gasteiger partial charge in [-0.05, 0) is 12.0 Å². The molecule has 0 heterocycles. The van der Waals surface area contributed by atoms with Gasteiger partial charge in [0.1, 0.15) is 5.54 Å². The standard InChI is InChI=1S/C10H13NO2.Na.H/c1-2-10(11,9(12)13)8-6-4-3-5-7-8;;/h3-7H,2,11H2,1H3,(H,12,13);;/q;+1;-1. The number of carboxylic acids is 1. The van der Waals surface area contributed by atoms with Crippen LogP contribution in [0.25, 0.3) is 0 Å². The monoisotopic (exact) mass is 203 g/mol. The van der Waals surface area contributed by atoms with Crippen LogP contribution in [-0.2, 0) is 10.3 Å². The van der Waals surface area contributed by atoms with E-state index >= 15 is 0 Å². The minimum absolute atomic E-state index is 0. The van der Waals surface area contributed by atoms with Crippen molar-refractivity contribution in [2.75, 3.05) is 0 Å². The molecule has 3 nitrogen and oxygen atoms in total. The Morgan fingerprint density at radius 2 is 2.00 bits per heavy atom. The van der Waals surface area contributed by atoms with Crippen molar-refractivity contribution < 1.29 is 40.9 Å². The molecule has 0 radical (unpaired) electrons. The number of nitrogens with two attached hydrogens (primary N) is 1. The molecule has 1 rings (SSSR count). The first-order valence-corrected chi connectivity index (χ1v) is 4.19. The average Bonchev–Trinajstić information content (AvgIpc) is 2.17. The second-order valence-corrected chi connectivity index (χ2v) is 3.00. The zero-order chi connectivity index (χ0) is 9.90. The van der Waals surface area contributed by atoms with Crippen LogP contribution in [0.15, 0.2) is 30.3 Å². The minimum Gasteiger partial charge on any atom is -1.00 e. The smallest absolute Gasteiger partial charge is 1.00 e. The summed E-state index contributed by atoms with van der Waals surface area (Å²) >= 11 is 0. The fourth-order valence-electron chi connectivity index (χ4n) is 1.21. The van der Waals surface area contributed by atoms with Crippen molar-refractivity contribution in [3.8, 4) is 0 Å². The Bertz CT molecular complexity index is 308. The Hall–Kier alpha value is -0.350. The SMILES string of the molecule is CCC(N)(C(=O)O)c1ccccc1.[H-].[Na+]. The molecular weight excluding hydrogens is 189 g/mol. The van der Waals surface area contributed by atoms with Gasteiger partial charge in [-0.3, -0.25) is 0 Å². The van der Waals surface area contributed by atoms with E-state index in [1.54, 1.807) is 31.2 Å². The van der Waals surface area contributed by atoms with E-state index < -0.39 is 11.5 Å². The number of hydrogen-bond acceptors (Lipinski definition) is 2. The maximum absolute atomic E-state index is 10.9. The van der Waals surface area contributed by atoms with Crippen molar-refractivity contribution in [1.29, 1.82) is 0 Å². The quantitative estimate of drug-likeness (QED) is 0.585. The Labute approximate surface area is 107 Å². The van der Waals surface area contributed by atoms with E-state index in [9.17, 15) is 4.79 Å². The third-order valence-corrected chi connectivity index (χ3v) is 2.23. The Morgan fingerprint density at radius 3 is 2.36 bits per heavy atom. The maximum Gasteiger partial charge on any atom is 1.00 e. The molecule has 0 spiro atoms. The van der Waals surface area contributed by atoms with Crippen LogP contribution in [0.3, 0.4) is 0 Å². The topological polar surface area (TPSA) is 63.3 Å². The predicted octanol–water partition coefficient (Wildman–Crippen LogP) is -1.55. The van der Waals surface area contributed by atoms with Gasteiger partial charge in [-0.25, -0.2) is 4.79 Å². The number of carboxylic acid groups (broad SMARTS) is 1. The molecule has 0 amide bonds. The predicted molar refractivity (Wildman–Crippen MR) is 51.3 cm³/mol. The summed E-state index contributed by atoms with van der Waals surface area (Å²) in [5.41, 5.74) is 5.16. The zero-order valence-electron chi connectivity index (χ0n) is 9.53. The van der Waals surface area contributed by atoms with Crippen molar-refractivity contribution in [2.45, 2.75) is 18.9 Å². The molecule has 0 bridgehead atoms. The van der Waals surface area contributed by atoms with E-state index in [0.717, 1.165) is 0 Å². The first-order valence-electron chi connectivity index (χ1n) is 4.19. The summed E-state index contributed by atoms with van der Waals surface area (Å²) in [4.78, 5) is 10.9. The number of hydrogen-bond donors (Lipinski definition) is 2. The Kier molecular flexibility index (Phi) is 5.37. The van der Waals surface area contributed by atoms with Crippen LogP contribution in [0.2, 0.25) is 0 Å². The molecule has 1 aromatic rings. The van der Waals surface area contributed by atoms with Gasteiger partial charge in [0, 0.05) is 0 Å². The van der Waals surface area contributed by atoms with Crippen molar-refractivity contribution in [2.24, 2.45) is 5.73 Å². The van der Waals surface area contributed by atoms with Gasteiger partial charge in [0.2, 0.25) is 0 Å². The second-order valence-electron chi connectivity index (χ2n) is 3.00. The van der Waals surface area contributed by atoms with Gasteiger partial charge in [-0.15, -0.1) is 0 Å². The van der Waals surface area contributed by atoms with Gasteiger partial charge in [-0.2, -0.15) is 0 Å². The van der Waals surface area contributed by atoms with Gasteiger partial charge in [-0.1, -0.05) is 37.3 Å². The molecule has 0 aliphatic heterocycles. The van der Waals surface area contributed by atoms with Crippen molar-refractivity contribution >= 4 is 5.97 Å². The summed E-state index contributed by atoms with van der Waals surface area (Å²) in [6.45, 7) is 1.76. The summed E-state index contributed by atoms with van der Waals surface area (Å²) in [5, 5.41) is 8.96. The summed E-state index contributed by atoms with van der Waals surface area (Å²) < 4.78 is 0. The fourth-order valence-corrected chi connectivity index (χ4v) is 1.21. The number of rotatable bonds is 3. The summed E-state index contributed by atoms with van der Waals surface area (Å²) in [7, 11) is 0. The van der Waals surface area contributed by atoms with E-state index in [0.29, 0.717) is 12.0 Å². The molecule has 1 unspecified atom stereocenters. The van der Waals surface area contributed by atoms with Gasteiger partial charge in [0.15, 0.2) is 0 Å². The maximum atomic E-state index is 10.9. The van der Waals surface area contributed by atoms with Crippen LogP contribution in [0, 0.1) is 0 Å². The molecule has 0 saturated heterocycles. The van der Waals surface area contributed by atoms with E-state index in [1.807, 2.05) is 6.07 Å². The van der Waals surface area contributed by atoms with Gasteiger partial charge in [0.25, 0.3) is 0 Å². The third kappa shape index (κ3) is 2.58. The third-order valence-electron chi connectivity index (χ3n) is 2.23. The Balaban J connectivity index is 0. The van der Waals surface area contributed by atoms with Crippen LogP contribution < -0.4 is 35.3 Å². The van der Waals surface area contributed by atoms with Gasteiger partial charge >= 0.3 is 35.5 Å². The molecule has 0 saturated carbocycles. The van der Waals surface area contributed by atoms with Crippen molar-refractivity contribution in [3.63, 3.8) is 0 Å². The molecule has 3 N–H and O–H groups in total. The van der Waals surface area contributed by atoms with Crippen LogP contribution in [-0.4, -0.2) is 11.1 Å². The first kappa shape index (κ1) is 13.7. The van der Waals surface area contributed by atoms with Crippen LogP contribution in [0.4, 0.5) is 0 Å². The number of benzene rings is 1. The van der Waals surface area contributed by atoms with Crippen molar-refractivity contribution in [3.05, 3.63) is 35.9 Å². The molecule has 1 aromatic carbocycles. The first-order chi connectivity index (χ1) is 6.11. The average molecular weight is 203 g/mol. The van der Waals surface area contributed by atoms with Gasteiger partial charge < -0.3 is 12.3 Å². The zero-order valence-corrected chi connectivity index (χ0v) is 10.5. The molecule has 0 fully saturated rings. The number of carbonyl (C=O) groups is 1. The van der Waals surface area contributed by atoms with Crippen LogP contribution >= 0.6 is 0 Å². The second kappa shape index (κ2) is 5.51. The van der Waals surface area contributed by atoms with Crippen molar-refractivity contribution in [1.82, 2.24) is 0 Å².